The number of methoxy groups -OCH3 is 1. The quantitative estimate of drug-likeness (QED) is 0.00907. The Labute approximate surface area is 577 Å². The van der Waals surface area contributed by atoms with Crippen molar-refractivity contribution in [1.82, 2.24) is 51.5 Å². The second kappa shape index (κ2) is 31.6. The van der Waals surface area contributed by atoms with Crippen LogP contribution in [0.5, 0.6) is 17.2 Å². The number of nitrogen functional groups attached to an aromatic ring is 1. The summed E-state index contributed by atoms with van der Waals surface area (Å²) in [5, 5.41) is 101. The number of rotatable bonds is 30. The molecule has 9 rings (SSSR count). The van der Waals surface area contributed by atoms with Crippen molar-refractivity contribution < 1.29 is 113 Å². The Balaban J connectivity index is 0.743. The smallest absolute Gasteiger partial charge is 0.327 e. The van der Waals surface area contributed by atoms with Crippen molar-refractivity contribution >= 4 is 111 Å². The number of nitrogens with two attached hydrogens (primary N) is 3. The van der Waals surface area contributed by atoms with Crippen LogP contribution in [-0.2, 0) is 65.6 Å². The van der Waals surface area contributed by atoms with Crippen molar-refractivity contribution in [3.63, 3.8) is 0 Å². The number of nitrogens with zero attached hydrogens (tertiary/aromatic N) is 5. The number of imide groups is 1. The lowest BCUT2D eigenvalue weighted by atomic mass is 9.71. The standard InChI is InChI=1S/C62H67N15O24S/c1-99-35-4-2-3-27-44(35)51(87)47-46(49(27)85)50(86)28-16-62(98,17-36(45(28)52(47)88)101-43-13-29(63)34(79)22-100-43)38(21-78)75-76-40(81)11-12-77-41(82)15-37(58(77)93)102-23-33(60(96)97)72-56(91)32(14-42(83)84)71-55(90)30(64)20-67-39(80)10-9-31(59(94)95)70-54(89)24-5-7-25(8-6-24)66-18-26-19-68-53-48(69-26)57(92)74-61(65)73-53/h2-8,19,22,29-33,36-37,43,66,78-79,86,88,98H,9-18,20-21,23,63-64H2,1H3,(H,67,80)(H,70,89)(H,71,90)(H,72,91)(H,76,81)(H,83,84)(H,94,95)(H,96,97)(H3,65,68,73,74,92)/b75-38-/t29?,30-,31+,32-,33-,36-,37?,43-,62-/m0/s1. The molecule has 1 saturated heterocycles. The number of carboxylic acid groups (broad SMARTS) is 3. The number of anilines is 2. The van der Waals surface area contributed by atoms with Crippen LogP contribution in [0.3, 0.4) is 0 Å². The van der Waals surface area contributed by atoms with Crippen LogP contribution < -0.4 is 59.5 Å². The molecule has 0 spiro atoms. The average Bonchev–Trinajstić information content (AvgIpc) is 0.793. The van der Waals surface area contributed by atoms with Crippen molar-refractivity contribution in [2.24, 2.45) is 16.6 Å². The van der Waals surface area contributed by atoms with Gasteiger partial charge in [-0.2, -0.15) is 10.1 Å². The number of benzene rings is 3. The van der Waals surface area contributed by atoms with Gasteiger partial charge in [-0.15, -0.1) is 11.8 Å². The van der Waals surface area contributed by atoms with E-state index >= 15 is 0 Å². The topological polar surface area (TPSA) is 632 Å². The van der Waals surface area contributed by atoms with E-state index in [0.717, 1.165) is 6.26 Å². The van der Waals surface area contributed by atoms with Crippen LogP contribution in [0.15, 0.2) is 70.6 Å². The van der Waals surface area contributed by atoms with Crippen molar-refractivity contribution in [2.75, 3.05) is 43.6 Å². The molecule has 21 N–H and O–H groups in total. The number of aromatic amines is 1. The van der Waals surface area contributed by atoms with Crippen molar-refractivity contribution in [1.29, 1.82) is 0 Å². The number of fused-ring (bicyclic) bond motifs is 4. The summed E-state index contributed by atoms with van der Waals surface area (Å²) in [6.45, 7) is -2.24. The molecule has 2 aliphatic heterocycles. The van der Waals surface area contributed by atoms with Crippen LogP contribution >= 0.6 is 11.8 Å². The fraction of sp³-hybridized carbons (Fsp3) is 0.371. The summed E-state index contributed by atoms with van der Waals surface area (Å²) >= 11 is 0.593. The summed E-state index contributed by atoms with van der Waals surface area (Å²) in [7, 11) is 1.25. The molecule has 0 bridgehead atoms. The van der Waals surface area contributed by atoms with E-state index in [9.17, 15) is 103 Å². The van der Waals surface area contributed by atoms with E-state index in [1.54, 1.807) is 0 Å². The van der Waals surface area contributed by atoms with E-state index in [-0.39, 0.29) is 69.4 Å². The van der Waals surface area contributed by atoms with Crippen LogP contribution in [-0.4, -0.2) is 222 Å². The monoisotopic (exact) mass is 1440 g/mol. The Morgan fingerprint density at radius 3 is 2.25 bits per heavy atom. The van der Waals surface area contributed by atoms with Gasteiger partial charge in [0, 0.05) is 85.3 Å². The number of aromatic nitrogens is 4. The Hall–Kier alpha value is -11.7. The number of phenolic OH excluding ortho intramolecular Hbond substituents is 2. The summed E-state index contributed by atoms with van der Waals surface area (Å²) in [5.74, 6) is -16.4. The zero-order chi connectivity index (χ0) is 74.2. The fourth-order valence-corrected chi connectivity index (χ4v) is 12.5. The SMILES string of the molecule is COc1cccc2c1C(=O)c1c(O)c3c(c(O)c1C2=O)C[C@@](O)(/C(CO)=N\NC(=O)CCN1C(=O)CC(SC[C@H](NC(=O)[C@H](CC(=O)O)NC(=O)[C@@H](N)CNC(=O)CC[C@@H](NC(=O)c2ccc(NCc4cnc5nc(N)[nH]c(=O)c5n4)cc2)C(=O)O)C(=O)O)C1=O)C[C@@H]3O[C@H]1CC(N)C(O)=CO1. The minimum Gasteiger partial charge on any atom is -0.507 e. The van der Waals surface area contributed by atoms with E-state index in [2.05, 4.69) is 57.0 Å². The number of carboxylic acids is 3. The molecule has 2 unspecified atom stereocenters. The summed E-state index contributed by atoms with van der Waals surface area (Å²) < 4.78 is 16.9. The molecule has 4 aliphatic rings. The summed E-state index contributed by atoms with van der Waals surface area (Å²) in [4.78, 5) is 184. The largest absolute Gasteiger partial charge is 0.507 e. The molecule has 0 radical (unpaired) electrons. The number of ketones is 2. The molecule has 4 heterocycles. The molecule has 7 amide bonds. The molecule has 39 nitrogen and oxygen atoms in total. The zero-order valence-electron chi connectivity index (χ0n) is 53.5. The predicted molar refractivity (Wildman–Crippen MR) is 349 cm³/mol. The second-order valence-electron chi connectivity index (χ2n) is 23.6. The lowest BCUT2D eigenvalue weighted by Crippen LogP contribution is -2.57. The van der Waals surface area contributed by atoms with E-state index in [1.807, 2.05) is 0 Å². The highest BCUT2D eigenvalue weighted by Crippen LogP contribution is 2.53. The van der Waals surface area contributed by atoms with Gasteiger partial charge in [-0.05, 0) is 36.8 Å². The number of phenols is 2. The number of likely N-dealkylation sites (tertiary alicyclic amines) is 1. The highest BCUT2D eigenvalue weighted by atomic mass is 32.2. The van der Waals surface area contributed by atoms with Crippen LogP contribution in [0.25, 0.3) is 11.2 Å². The molecular weight excluding hydrogens is 1370 g/mol. The van der Waals surface area contributed by atoms with E-state index in [0.29, 0.717) is 28.0 Å². The third-order valence-electron chi connectivity index (χ3n) is 16.6. The van der Waals surface area contributed by atoms with Gasteiger partial charge in [0.15, 0.2) is 16.9 Å². The Kier molecular flexibility index (Phi) is 23.1. The normalized spacial score (nSPS) is 19.7. The van der Waals surface area contributed by atoms with E-state index in [1.165, 1.54) is 55.8 Å². The van der Waals surface area contributed by atoms with Gasteiger partial charge in [0.25, 0.3) is 11.5 Å². The highest BCUT2D eigenvalue weighted by molar-refractivity contribution is 8.00. The molecule has 2 aliphatic carbocycles. The van der Waals surface area contributed by atoms with Gasteiger partial charge in [-0.25, -0.2) is 25.0 Å². The number of hydrazone groups is 1. The number of hydrogen-bond donors (Lipinski definition) is 18. The molecule has 0 saturated carbocycles. The molecule has 5 aromatic rings. The summed E-state index contributed by atoms with van der Waals surface area (Å²) in [6.07, 6.45) is -5.49. The molecule has 1 fully saturated rings. The second-order valence-corrected chi connectivity index (χ2v) is 24.8. The number of aliphatic hydroxyl groups excluding tert-OH is 2. The third kappa shape index (κ3) is 16.8. The first kappa shape index (κ1) is 74.5. The minimum atomic E-state index is -2.42. The molecule has 40 heteroatoms. The number of hydrogen-bond acceptors (Lipinski definition) is 30. The van der Waals surface area contributed by atoms with E-state index in [4.69, 9.17) is 31.4 Å². The van der Waals surface area contributed by atoms with Crippen molar-refractivity contribution in [2.45, 2.75) is 111 Å². The number of aromatic hydroxyl groups is 2. The number of ether oxygens (including phenoxy) is 3. The van der Waals surface area contributed by atoms with Gasteiger partial charge in [0.1, 0.15) is 59.0 Å². The Morgan fingerprint density at radius 1 is 0.873 bits per heavy atom. The van der Waals surface area contributed by atoms with E-state index < -0.39 is 229 Å². The maximum atomic E-state index is 14.1. The maximum absolute atomic E-state index is 14.1. The first-order valence-corrected chi connectivity index (χ1v) is 31.9. The van der Waals surface area contributed by atoms with Crippen molar-refractivity contribution in [3.05, 3.63) is 116 Å². The zero-order valence-corrected chi connectivity index (χ0v) is 54.3. The fourth-order valence-electron chi connectivity index (χ4n) is 11.3. The average molecular weight is 1440 g/mol. The van der Waals surface area contributed by atoms with Crippen molar-refractivity contribution in [3.8, 4) is 17.2 Å². The molecular formula is C62H67N15O24S. The Morgan fingerprint density at radius 2 is 1.58 bits per heavy atom. The van der Waals surface area contributed by atoms with Crippen LogP contribution in [0.1, 0.15) is 110 Å². The number of thioether (sulfide) groups is 1. The van der Waals surface area contributed by atoms with Gasteiger partial charge in [0.2, 0.25) is 53.5 Å². The summed E-state index contributed by atoms with van der Waals surface area (Å²) in [5.41, 5.74) is 14.7. The first-order valence-electron chi connectivity index (χ1n) is 30.8. The number of nitrogens with one attached hydrogen (secondary N) is 7. The molecule has 9 atom stereocenters. The number of amides is 7. The third-order valence-corrected chi connectivity index (χ3v) is 17.9. The highest BCUT2D eigenvalue weighted by Gasteiger charge is 2.50. The number of aliphatic hydroxyl groups is 3. The number of aliphatic carboxylic acids is 3. The van der Waals surface area contributed by atoms with Gasteiger partial charge in [-0.3, -0.25) is 62.6 Å². The predicted octanol–water partition coefficient (Wildman–Crippen LogP) is -3.34. The minimum absolute atomic E-state index is 0.0165. The van der Waals surface area contributed by atoms with Crippen LogP contribution in [0.2, 0.25) is 0 Å². The number of carbonyl (C=O) groups is 12. The molecule has 3 aromatic carbocycles. The first-order chi connectivity index (χ1) is 48.4. The van der Waals surface area contributed by atoms with Gasteiger partial charge >= 0.3 is 17.9 Å². The van der Waals surface area contributed by atoms with Gasteiger partial charge < -0.3 is 98.8 Å². The lowest BCUT2D eigenvalue weighted by molar-refractivity contribution is -0.170. The Bertz CT molecular complexity index is 4380. The number of carbonyl (C=O) groups excluding carboxylic acids is 9. The molecule has 102 heavy (non-hydrogen) atoms. The number of H-pyrrole nitrogens is 1. The maximum Gasteiger partial charge on any atom is 0.327 e. The molecule has 2 aromatic heterocycles. The van der Waals surface area contributed by atoms with Gasteiger partial charge in [-0.1, -0.05) is 12.1 Å². The van der Waals surface area contributed by atoms with Gasteiger partial charge in [0.05, 0.1) is 78.4 Å². The van der Waals surface area contributed by atoms with Crippen LogP contribution in [0, 0.1) is 0 Å². The lowest BCUT2D eigenvalue weighted by Gasteiger charge is -2.41. The summed E-state index contributed by atoms with van der Waals surface area (Å²) in [6, 6.07) is 1.76. The van der Waals surface area contributed by atoms with Crippen LogP contribution in [0.4, 0.5) is 11.6 Å². The molecule has 540 valence electrons.